The predicted octanol–water partition coefficient (Wildman–Crippen LogP) is -0.0748. The van der Waals surface area contributed by atoms with Crippen LogP contribution in [-0.2, 0) is 13.1 Å². The van der Waals surface area contributed by atoms with Crippen molar-refractivity contribution in [3.05, 3.63) is 28.6 Å². The third kappa shape index (κ3) is 0.790. The second-order valence-electron chi connectivity index (χ2n) is 2.48. The maximum Gasteiger partial charge on any atom is 0.270 e. The summed E-state index contributed by atoms with van der Waals surface area (Å²) in [5.41, 5.74) is -0.146. The van der Waals surface area contributed by atoms with Crippen molar-refractivity contribution in [2.75, 3.05) is 0 Å². The van der Waals surface area contributed by atoms with Crippen molar-refractivity contribution in [1.29, 1.82) is 0 Å². The second-order valence-corrected chi connectivity index (χ2v) is 2.48. The van der Waals surface area contributed by atoms with E-state index in [9.17, 15) is 9.90 Å². The number of fused-ring (bicyclic) bond motifs is 1. The number of hydrogen-bond acceptors (Lipinski definition) is 2. The van der Waals surface area contributed by atoms with Gasteiger partial charge in [-0.3, -0.25) is 4.79 Å². The van der Waals surface area contributed by atoms with Gasteiger partial charge in [0.2, 0.25) is 5.88 Å². The molecule has 0 saturated heterocycles. The molecule has 0 spiro atoms. The Hall–Kier alpha value is -1.45. The molecule has 0 bridgehead atoms. The molecule has 2 heterocycles. The number of aromatic nitrogens is 2. The molecule has 1 aromatic heterocycles. The molecule has 0 aliphatic carbocycles. The molecule has 0 unspecified atom stereocenters. The van der Waals surface area contributed by atoms with E-state index >= 15 is 0 Å². The molecule has 1 aliphatic rings. The molecular weight excluding hydrogens is 144 g/mol. The molecule has 0 radical (unpaired) electrons. The zero-order chi connectivity index (χ0) is 7.84. The van der Waals surface area contributed by atoms with Crippen LogP contribution in [0.1, 0.15) is 0 Å². The molecule has 0 fully saturated rings. The average Bonchev–Trinajstić information content (AvgIpc) is 2.30. The zero-order valence-corrected chi connectivity index (χ0v) is 5.90. The number of aromatic hydroxyl groups is 1. The Morgan fingerprint density at radius 3 is 2.55 bits per heavy atom. The molecule has 11 heavy (non-hydrogen) atoms. The Morgan fingerprint density at radius 1 is 1.27 bits per heavy atom. The van der Waals surface area contributed by atoms with Crippen LogP contribution < -0.4 is 5.56 Å². The number of nitrogens with zero attached hydrogens (tertiary/aromatic N) is 2. The summed E-state index contributed by atoms with van der Waals surface area (Å²) in [4.78, 5) is 11.0. The Bertz CT molecular complexity index is 359. The van der Waals surface area contributed by atoms with E-state index < -0.39 is 0 Å². The monoisotopic (exact) mass is 152 g/mol. The van der Waals surface area contributed by atoms with Crippen LogP contribution in [0.5, 0.6) is 5.88 Å². The summed E-state index contributed by atoms with van der Waals surface area (Å²) in [6, 6.07) is 1.23. The Balaban J connectivity index is 2.66. The molecule has 0 amide bonds. The van der Waals surface area contributed by atoms with Crippen molar-refractivity contribution in [3.8, 4) is 5.88 Å². The van der Waals surface area contributed by atoms with Gasteiger partial charge in [0.1, 0.15) is 0 Å². The summed E-state index contributed by atoms with van der Waals surface area (Å²) in [6.07, 6.45) is 3.82. The summed E-state index contributed by atoms with van der Waals surface area (Å²) < 4.78 is 3.04. The quantitative estimate of drug-likeness (QED) is 0.529. The first kappa shape index (κ1) is 6.27. The van der Waals surface area contributed by atoms with E-state index in [0.717, 1.165) is 0 Å². The van der Waals surface area contributed by atoms with Crippen LogP contribution in [0.4, 0.5) is 0 Å². The highest BCUT2D eigenvalue weighted by Crippen LogP contribution is 2.08. The van der Waals surface area contributed by atoms with Crippen LogP contribution in [0.25, 0.3) is 0 Å². The van der Waals surface area contributed by atoms with Gasteiger partial charge in [-0.1, -0.05) is 12.2 Å². The maximum atomic E-state index is 11.0. The fraction of sp³-hybridized carbons (Fsp3) is 0.286. The van der Waals surface area contributed by atoms with Crippen LogP contribution in [0, 0.1) is 0 Å². The van der Waals surface area contributed by atoms with Gasteiger partial charge in [0.15, 0.2) is 0 Å². The largest absolute Gasteiger partial charge is 0.493 e. The topological polar surface area (TPSA) is 47.2 Å². The lowest BCUT2D eigenvalue weighted by Crippen LogP contribution is -2.24. The van der Waals surface area contributed by atoms with Gasteiger partial charge in [-0.25, -0.2) is 9.36 Å². The minimum Gasteiger partial charge on any atom is -0.493 e. The molecule has 1 aromatic rings. The third-order valence-corrected chi connectivity index (χ3v) is 1.79. The Morgan fingerprint density at radius 2 is 1.91 bits per heavy atom. The van der Waals surface area contributed by atoms with E-state index in [1.54, 1.807) is 4.68 Å². The highest BCUT2D eigenvalue weighted by Gasteiger charge is 2.09. The van der Waals surface area contributed by atoms with Crippen molar-refractivity contribution in [2.45, 2.75) is 13.1 Å². The van der Waals surface area contributed by atoms with Gasteiger partial charge < -0.3 is 5.11 Å². The number of hydrogen-bond donors (Lipinski definition) is 1. The van der Waals surface area contributed by atoms with Crippen molar-refractivity contribution in [3.63, 3.8) is 0 Å². The lowest BCUT2D eigenvalue weighted by Gasteiger charge is -2.11. The standard InChI is InChI=1S/C7H8N2O2/c10-6-5-7(11)9-4-2-1-3-8(6)9/h1-2,5,10H,3-4H2. The molecule has 0 atom stereocenters. The van der Waals surface area contributed by atoms with Gasteiger partial charge in [0, 0.05) is 0 Å². The van der Waals surface area contributed by atoms with Crippen LogP contribution in [0.15, 0.2) is 23.0 Å². The van der Waals surface area contributed by atoms with E-state index in [-0.39, 0.29) is 11.4 Å². The molecule has 58 valence electrons. The lowest BCUT2D eigenvalue weighted by atomic mass is 10.4. The molecule has 2 rings (SSSR count). The minimum absolute atomic E-state index is 0.0411. The van der Waals surface area contributed by atoms with E-state index in [1.165, 1.54) is 10.7 Å². The summed E-state index contributed by atoms with van der Waals surface area (Å²) in [5, 5.41) is 9.19. The van der Waals surface area contributed by atoms with Gasteiger partial charge in [-0.15, -0.1) is 0 Å². The summed E-state index contributed by atoms with van der Waals surface area (Å²) in [7, 11) is 0. The van der Waals surface area contributed by atoms with Crippen molar-refractivity contribution in [2.24, 2.45) is 0 Å². The Labute approximate surface area is 63.0 Å². The second kappa shape index (κ2) is 2.02. The zero-order valence-electron chi connectivity index (χ0n) is 5.90. The molecule has 1 N–H and O–H groups in total. The molecule has 4 nitrogen and oxygen atoms in total. The Kier molecular flexibility index (Phi) is 1.15. The average molecular weight is 152 g/mol. The van der Waals surface area contributed by atoms with E-state index in [4.69, 9.17) is 0 Å². The van der Waals surface area contributed by atoms with Gasteiger partial charge in [0.25, 0.3) is 5.56 Å². The van der Waals surface area contributed by atoms with Gasteiger partial charge in [-0.05, 0) is 0 Å². The van der Waals surface area contributed by atoms with Crippen LogP contribution in [0.2, 0.25) is 0 Å². The first-order valence-corrected chi connectivity index (χ1v) is 3.43. The van der Waals surface area contributed by atoms with Gasteiger partial charge in [-0.2, -0.15) is 0 Å². The lowest BCUT2D eigenvalue weighted by molar-refractivity contribution is 0.372. The maximum absolute atomic E-state index is 11.0. The molecular formula is C7H8N2O2. The first-order chi connectivity index (χ1) is 5.29. The van der Waals surface area contributed by atoms with E-state index in [2.05, 4.69) is 0 Å². The molecule has 0 saturated carbocycles. The van der Waals surface area contributed by atoms with Crippen LogP contribution in [0.3, 0.4) is 0 Å². The molecule has 1 aliphatic heterocycles. The molecule has 4 heteroatoms. The van der Waals surface area contributed by atoms with Crippen molar-refractivity contribution in [1.82, 2.24) is 9.36 Å². The molecule has 0 aromatic carbocycles. The first-order valence-electron chi connectivity index (χ1n) is 3.43. The van der Waals surface area contributed by atoms with Crippen LogP contribution >= 0.6 is 0 Å². The van der Waals surface area contributed by atoms with Crippen LogP contribution in [-0.4, -0.2) is 14.5 Å². The number of rotatable bonds is 0. The summed E-state index contributed by atoms with van der Waals surface area (Å²) >= 11 is 0. The SMILES string of the molecule is O=c1cc(O)n2n1CC=CC2. The summed E-state index contributed by atoms with van der Waals surface area (Å²) in [5.74, 6) is 0.0411. The van der Waals surface area contributed by atoms with Crippen molar-refractivity contribution < 1.29 is 5.11 Å². The minimum atomic E-state index is -0.146. The summed E-state index contributed by atoms with van der Waals surface area (Å²) in [6.45, 7) is 1.13. The van der Waals surface area contributed by atoms with E-state index in [0.29, 0.717) is 13.1 Å². The van der Waals surface area contributed by atoms with Gasteiger partial charge >= 0.3 is 0 Å². The highest BCUT2D eigenvalue weighted by molar-refractivity contribution is 5.10. The number of allylic oxidation sites excluding steroid dienone is 2. The predicted molar refractivity (Wildman–Crippen MR) is 39.5 cm³/mol. The highest BCUT2D eigenvalue weighted by atomic mass is 16.3. The third-order valence-electron chi connectivity index (χ3n) is 1.79. The van der Waals surface area contributed by atoms with Gasteiger partial charge in [0.05, 0.1) is 19.2 Å². The normalized spacial score (nSPS) is 14.9. The fourth-order valence-corrected chi connectivity index (χ4v) is 1.23. The fourth-order valence-electron chi connectivity index (χ4n) is 1.23. The van der Waals surface area contributed by atoms with E-state index in [1.807, 2.05) is 12.2 Å². The smallest absolute Gasteiger partial charge is 0.270 e. The van der Waals surface area contributed by atoms with Crippen molar-refractivity contribution >= 4 is 0 Å².